The lowest BCUT2D eigenvalue weighted by atomic mass is 9.98. The van der Waals surface area contributed by atoms with Crippen molar-refractivity contribution in [3.05, 3.63) is 71.3 Å². The number of nitrogens with one attached hydrogen (secondary N) is 2. The monoisotopic (exact) mass is 476 g/mol. The number of hydrogen-bond donors (Lipinski definition) is 3. The van der Waals surface area contributed by atoms with Crippen molar-refractivity contribution in [1.29, 1.82) is 0 Å². The van der Waals surface area contributed by atoms with E-state index in [0.29, 0.717) is 12.8 Å². The molecular weight excluding hydrogens is 444 g/mol. The minimum absolute atomic E-state index is 0.0396. The maximum absolute atomic E-state index is 12.9. The first-order valence-electron chi connectivity index (χ1n) is 12.1. The van der Waals surface area contributed by atoms with Crippen molar-refractivity contribution in [2.24, 2.45) is 5.92 Å². The lowest BCUT2D eigenvalue weighted by Crippen LogP contribution is -2.48. The van der Waals surface area contributed by atoms with Crippen molar-refractivity contribution in [1.82, 2.24) is 10.6 Å². The van der Waals surface area contributed by atoms with Crippen molar-refractivity contribution >= 4 is 18.0 Å². The van der Waals surface area contributed by atoms with E-state index in [4.69, 9.17) is 4.74 Å². The summed E-state index contributed by atoms with van der Waals surface area (Å²) in [4.78, 5) is 37.1. The van der Waals surface area contributed by atoms with Gasteiger partial charge in [0, 0.05) is 12.0 Å². The minimum Gasteiger partial charge on any atom is -0.480 e. The molecule has 184 valence electrons. The van der Waals surface area contributed by atoms with Crippen LogP contribution in [0.5, 0.6) is 0 Å². The van der Waals surface area contributed by atoms with E-state index >= 15 is 0 Å². The third-order valence-electron chi connectivity index (χ3n) is 6.88. The van der Waals surface area contributed by atoms with Crippen molar-refractivity contribution in [2.75, 3.05) is 6.61 Å². The smallest absolute Gasteiger partial charge is 0.407 e. The molecule has 7 heteroatoms. The standard InChI is InChI=1S/C28H32N2O5/c1-17(2)14-15-25(27(32)33)29-26(31)22-12-7-13-24(22)30-28(34)35-16-23-20-10-5-3-8-18(20)19-9-4-6-11-21(19)23/h3-6,8-11,14,22-25H,7,12-13,15-16H2,1-2H3,(H,29,31)(H,30,34)(H,32,33)/t22-,24+,25?/m0/s1. The van der Waals surface area contributed by atoms with Gasteiger partial charge in [0.25, 0.3) is 0 Å². The molecule has 0 heterocycles. The molecule has 0 spiro atoms. The molecule has 2 aromatic rings. The summed E-state index contributed by atoms with van der Waals surface area (Å²) in [6.07, 6.45) is 3.47. The van der Waals surface area contributed by atoms with E-state index < -0.39 is 24.0 Å². The molecule has 7 nitrogen and oxygen atoms in total. The highest BCUT2D eigenvalue weighted by Gasteiger charge is 2.36. The number of carboxylic acid groups (broad SMARTS) is 1. The number of alkyl carbamates (subject to hydrolysis) is 1. The molecular formula is C28H32N2O5. The summed E-state index contributed by atoms with van der Waals surface area (Å²) in [5, 5.41) is 15.0. The molecule has 3 atom stereocenters. The van der Waals surface area contributed by atoms with Gasteiger partial charge in [0.05, 0.1) is 5.92 Å². The maximum Gasteiger partial charge on any atom is 0.407 e. The SMILES string of the molecule is CC(C)=CCC(NC(=O)[C@H]1CCC[C@H]1NC(=O)OCC1c2ccccc2-c2ccccc21)C(=O)O. The van der Waals surface area contributed by atoms with Crippen LogP contribution in [0.15, 0.2) is 60.2 Å². The van der Waals surface area contributed by atoms with Gasteiger partial charge < -0.3 is 20.5 Å². The number of ether oxygens (including phenoxy) is 1. The van der Waals surface area contributed by atoms with Gasteiger partial charge in [-0.15, -0.1) is 0 Å². The quantitative estimate of drug-likeness (QED) is 0.482. The predicted octanol–water partition coefficient (Wildman–Crippen LogP) is 4.62. The number of hydrogen-bond acceptors (Lipinski definition) is 4. The molecule has 0 aromatic heterocycles. The number of carbonyl (C=O) groups is 3. The van der Waals surface area contributed by atoms with Crippen LogP contribution in [-0.4, -0.2) is 41.8 Å². The van der Waals surface area contributed by atoms with Gasteiger partial charge in [-0.2, -0.15) is 0 Å². The first-order valence-corrected chi connectivity index (χ1v) is 12.1. The van der Waals surface area contributed by atoms with Gasteiger partial charge in [-0.05, 0) is 55.4 Å². The summed E-state index contributed by atoms with van der Waals surface area (Å²) in [6, 6.07) is 14.9. The van der Waals surface area contributed by atoms with E-state index in [0.717, 1.165) is 34.2 Å². The predicted molar refractivity (Wildman–Crippen MR) is 133 cm³/mol. The summed E-state index contributed by atoms with van der Waals surface area (Å²) >= 11 is 0. The molecule has 4 rings (SSSR count). The van der Waals surface area contributed by atoms with E-state index in [1.807, 2.05) is 38.1 Å². The van der Waals surface area contributed by atoms with Crippen molar-refractivity contribution in [3.63, 3.8) is 0 Å². The number of carbonyl (C=O) groups excluding carboxylic acids is 2. The fourth-order valence-electron chi connectivity index (χ4n) is 5.09. The summed E-state index contributed by atoms with van der Waals surface area (Å²) < 4.78 is 5.63. The average Bonchev–Trinajstić information content (AvgIpc) is 3.42. The molecule has 1 unspecified atom stereocenters. The molecule has 0 saturated heterocycles. The first-order chi connectivity index (χ1) is 16.8. The molecule has 35 heavy (non-hydrogen) atoms. The second-order valence-corrected chi connectivity index (χ2v) is 9.53. The Morgan fingerprint density at radius 1 is 1.03 bits per heavy atom. The zero-order valence-electron chi connectivity index (χ0n) is 20.1. The Balaban J connectivity index is 1.35. The maximum atomic E-state index is 12.9. The molecule has 2 aromatic carbocycles. The van der Waals surface area contributed by atoms with Gasteiger partial charge in [0.1, 0.15) is 12.6 Å². The highest BCUT2D eigenvalue weighted by molar-refractivity contribution is 5.86. The van der Waals surface area contributed by atoms with E-state index in [1.165, 1.54) is 0 Å². The van der Waals surface area contributed by atoms with Gasteiger partial charge in [-0.3, -0.25) is 4.79 Å². The number of amides is 2. The lowest BCUT2D eigenvalue weighted by molar-refractivity contribution is -0.142. The second-order valence-electron chi connectivity index (χ2n) is 9.53. The number of rotatable bonds is 8. The van der Waals surface area contributed by atoms with Gasteiger partial charge in [0.2, 0.25) is 5.91 Å². The molecule has 0 bridgehead atoms. The topological polar surface area (TPSA) is 105 Å². The second kappa shape index (κ2) is 10.8. The molecule has 0 radical (unpaired) electrons. The summed E-state index contributed by atoms with van der Waals surface area (Å²) in [5.74, 6) is -1.94. The minimum atomic E-state index is -1.07. The number of allylic oxidation sites excluding steroid dienone is 1. The Bertz CT molecular complexity index is 1090. The van der Waals surface area contributed by atoms with Crippen molar-refractivity contribution in [3.8, 4) is 11.1 Å². The van der Waals surface area contributed by atoms with Crippen LogP contribution in [0.1, 0.15) is 56.6 Å². The van der Waals surface area contributed by atoms with Crippen LogP contribution in [0.4, 0.5) is 4.79 Å². The fraction of sp³-hybridized carbons (Fsp3) is 0.393. The van der Waals surface area contributed by atoms with Crippen molar-refractivity contribution in [2.45, 2.75) is 57.5 Å². The van der Waals surface area contributed by atoms with Gasteiger partial charge in [-0.1, -0.05) is 66.6 Å². The molecule has 2 amide bonds. The normalized spacial score (nSPS) is 19.3. The number of carboxylic acids is 1. The van der Waals surface area contributed by atoms with Gasteiger partial charge in [-0.25, -0.2) is 9.59 Å². The first kappa shape index (κ1) is 24.5. The largest absolute Gasteiger partial charge is 0.480 e. The molecule has 3 N–H and O–H groups in total. The highest BCUT2D eigenvalue weighted by Crippen LogP contribution is 2.44. The number of aliphatic carboxylic acids is 1. The van der Waals surface area contributed by atoms with Crippen LogP contribution in [-0.2, 0) is 14.3 Å². The Kier molecular flexibility index (Phi) is 7.54. The zero-order valence-corrected chi connectivity index (χ0v) is 20.1. The molecule has 0 aliphatic heterocycles. The van der Waals surface area contributed by atoms with Crippen LogP contribution in [0.25, 0.3) is 11.1 Å². The number of fused-ring (bicyclic) bond motifs is 3. The Morgan fingerprint density at radius 2 is 1.66 bits per heavy atom. The van der Waals surface area contributed by atoms with Crippen LogP contribution < -0.4 is 10.6 Å². The summed E-state index contributed by atoms with van der Waals surface area (Å²) in [6.45, 7) is 3.96. The fourth-order valence-corrected chi connectivity index (χ4v) is 5.09. The lowest BCUT2D eigenvalue weighted by Gasteiger charge is -2.23. The summed E-state index contributed by atoms with van der Waals surface area (Å²) in [7, 11) is 0. The van der Waals surface area contributed by atoms with Gasteiger partial charge >= 0.3 is 12.1 Å². The molecule has 2 aliphatic carbocycles. The van der Waals surface area contributed by atoms with E-state index in [9.17, 15) is 19.5 Å². The van der Waals surface area contributed by atoms with E-state index in [2.05, 4.69) is 34.9 Å². The van der Waals surface area contributed by atoms with E-state index in [-0.39, 0.29) is 30.9 Å². The Labute approximate surface area is 205 Å². The van der Waals surface area contributed by atoms with Crippen LogP contribution >= 0.6 is 0 Å². The third-order valence-corrected chi connectivity index (χ3v) is 6.88. The van der Waals surface area contributed by atoms with Crippen LogP contribution in [0.3, 0.4) is 0 Å². The van der Waals surface area contributed by atoms with E-state index in [1.54, 1.807) is 6.08 Å². The highest BCUT2D eigenvalue weighted by atomic mass is 16.5. The van der Waals surface area contributed by atoms with Gasteiger partial charge in [0.15, 0.2) is 0 Å². The summed E-state index contributed by atoms with van der Waals surface area (Å²) in [5.41, 5.74) is 5.57. The Morgan fingerprint density at radius 3 is 2.26 bits per heavy atom. The van der Waals surface area contributed by atoms with Crippen LogP contribution in [0.2, 0.25) is 0 Å². The molecule has 2 aliphatic rings. The zero-order chi connectivity index (χ0) is 24.9. The average molecular weight is 477 g/mol. The number of benzene rings is 2. The Hall–Kier alpha value is -3.61. The van der Waals surface area contributed by atoms with Crippen LogP contribution in [0, 0.1) is 5.92 Å². The molecule has 1 saturated carbocycles. The molecule has 1 fully saturated rings. The third kappa shape index (κ3) is 5.56. The van der Waals surface area contributed by atoms with Crippen molar-refractivity contribution < 1.29 is 24.2 Å².